The van der Waals surface area contributed by atoms with Crippen molar-refractivity contribution in [3.63, 3.8) is 0 Å². The number of halogens is 2. The Hall–Kier alpha value is -1.13. The molecule has 1 aliphatic carbocycles. The largest absolute Gasteiger partial charge is 0.368 e. The molecule has 6 heteroatoms. The van der Waals surface area contributed by atoms with E-state index in [1.807, 2.05) is 23.1 Å². The van der Waals surface area contributed by atoms with Gasteiger partial charge in [0.25, 0.3) is 0 Å². The highest BCUT2D eigenvalue weighted by Crippen LogP contribution is 2.27. The summed E-state index contributed by atoms with van der Waals surface area (Å²) in [4.78, 5) is 16.5. The Bertz CT molecular complexity index is 553. The van der Waals surface area contributed by atoms with Gasteiger partial charge in [-0.05, 0) is 31.0 Å². The van der Waals surface area contributed by atoms with E-state index >= 15 is 0 Å². The molecular formula is C17H23Cl2N3O. The average Bonchev–Trinajstić information content (AvgIpc) is 2.58. The minimum absolute atomic E-state index is 0.0886. The Balaban J connectivity index is 1.51. The first-order chi connectivity index (χ1) is 11.1. The third-order valence-corrected chi connectivity index (χ3v) is 5.51. The molecule has 4 nitrogen and oxygen atoms in total. The summed E-state index contributed by atoms with van der Waals surface area (Å²) in [5.41, 5.74) is 1.06. The van der Waals surface area contributed by atoms with Gasteiger partial charge in [0.1, 0.15) is 0 Å². The van der Waals surface area contributed by atoms with Crippen molar-refractivity contribution in [1.82, 2.24) is 10.2 Å². The lowest BCUT2D eigenvalue weighted by atomic mass is 9.96. The van der Waals surface area contributed by atoms with Crippen molar-refractivity contribution in [2.45, 2.75) is 38.1 Å². The Kier molecular flexibility index (Phi) is 5.54. The fourth-order valence-corrected chi connectivity index (χ4v) is 3.65. The molecule has 1 aliphatic heterocycles. The molecular weight excluding hydrogens is 333 g/mol. The van der Waals surface area contributed by atoms with Gasteiger partial charge in [-0.3, -0.25) is 0 Å². The van der Waals surface area contributed by atoms with E-state index in [4.69, 9.17) is 23.2 Å². The molecule has 0 atom stereocenters. The lowest BCUT2D eigenvalue weighted by Gasteiger charge is -2.37. The van der Waals surface area contributed by atoms with Crippen LogP contribution in [0, 0.1) is 0 Å². The lowest BCUT2D eigenvalue weighted by molar-refractivity contribution is 0.186. The van der Waals surface area contributed by atoms with Crippen molar-refractivity contribution in [1.29, 1.82) is 0 Å². The van der Waals surface area contributed by atoms with E-state index < -0.39 is 0 Å². The van der Waals surface area contributed by atoms with Gasteiger partial charge in [-0.2, -0.15) is 0 Å². The number of urea groups is 1. The summed E-state index contributed by atoms with van der Waals surface area (Å²) >= 11 is 12.1. The third-order valence-electron chi connectivity index (χ3n) is 4.77. The summed E-state index contributed by atoms with van der Waals surface area (Å²) in [6, 6.07) is 6.14. The number of amides is 2. The summed E-state index contributed by atoms with van der Waals surface area (Å²) in [7, 11) is 0. The number of anilines is 1. The molecule has 0 bridgehead atoms. The highest BCUT2D eigenvalue weighted by atomic mass is 35.5. The predicted octanol–water partition coefficient (Wildman–Crippen LogP) is 4.16. The summed E-state index contributed by atoms with van der Waals surface area (Å²) in [6.45, 7) is 3.10. The van der Waals surface area contributed by atoms with Gasteiger partial charge < -0.3 is 15.1 Å². The smallest absolute Gasteiger partial charge is 0.317 e. The van der Waals surface area contributed by atoms with Gasteiger partial charge in [0.2, 0.25) is 0 Å². The average molecular weight is 356 g/mol. The molecule has 126 valence electrons. The molecule has 0 spiro atoms. The predicted molar refractivity (Wildman–Crippen MR) is 95.7 cm³/mol. The SMILES string of the molecule is O=C(NC1CCCCC1)N1CCN(c2ccc(Cl)c(Cl)c2)CC1. The van der Waals surface area contributed by atoms with E-state index in [0.29, 0.717) is 16.1 Å². The zero-order valence-electron chi connectivity index (χ0n) is 13.2. The van der Waals surface area contributed by atoms with Crippen molar-refractivity contribution in [3.8, 4) is 0 Å². The number of carbonyl (C=O) groups is 1. The van der Waals surface area contributed by atoms with E-state index in [-0.39, 0.29) is 6.03 Å². The van der Waals surface area contributed by atoms with Crippen LogP contribution in [0.15, 0.2) is 18.2 Å². The lowest BCUT2D eigenvalue weighted by Crippen LogP contribution is -2.53. The van der Waals surface area contributed by atoms with Gasteiger partial charge in [-0.25, -0.2) is 4.79 Å². The topological polar surface area (TPSA) is 35.6 Å². The molecule has 2 aliphatic rings. The third kappa shape index (κ3) is 4.24. The molecule has 2 amide bonds. The number of benzene rings is 1. The van der Waals surface area contributed by atoms with Gasteiger partial charge in [-0.1, -0.05) is 42.5 Å². The van der Waals surface area contributed by atoms with Crippen LogP contribution in [-0.4, -0.2) is 43.2 Å². The van der Waals surface area contributed by atoms with Gasteiger partial charge >= 0.3 is 6.03 Å². The van der Waals surface area contributed by atoms with Crippen molar-refractivity contribution in [2.24, 2.45) is 0 Å². The maximum absolute atomic E-state index is 12.4. The molecule has 1 aromatic rings. The molecule has 1 N–H and O–H groups in total. The van der Waals surface area contributed by atoms with Gasteiger partial charge in [0.15, 0.2) is 0 Å². The van der Waals surface area contributed by atoms with E-state index in [1.54, 1.807) is 0 Å². The maximum Gasteiger partial charge on any atom is 0.317 e. The minimum Gasteiger partial charge on any atom is -0.368 e. The number of piperazine rings is 1. The van der Waals surface area contributed by atoms with Crippen LogP contribution < -0.4 is 10.2 Å². The van der Waals surface area contributed by atoms with Crippen molar-refractivity contribution in [2.75, 3.05) is 31.1 Å². The van der Waals surface area contributed by atoms with Crippen LogP contribution in [0.1, 0.15) is 32.1 Å². The molecule has 1 heterocycles. The summed E-state index contributed by atoms with van der Waals surface area (Å²) in [6.07, 6.45) is 6.00. The van der Waals surface area contributed by atoms with Crippen LogP contribution in [-0.2, 0) is 0 Å². The molecule has 2 fully saturated rings. The number of carbonyl (C=O) groups excluding carboxylic acids is 1. The standard InChI is InChI=1S/C17H23Cl2N3O/c18-15-7-6-14(12-16(15)19)21-8-10-22(11-9-21)17(23)20-13-4-2-1-3-5-13/h6-7,12-13H,1-5,8-11H2,(H,20,23). The van der Waals surface area contributed by atoms with Crippen molar-refractivity contribution >= 4 is 34.9 Å². The Morgan fingerprint density at radius 2 is 1.70 bits per heavy atom. The molecule has 0 radical (unpaired) electrons. The molecule has 23 heavy (non-hydrogen) atoms. The number of hydrogen-bond acceptors (Lipinski definition) is 2. The van der Waals surface area contributed by atoms with Gasteiger partial charge in [0, 0.05) is 37.9 Å². The highest BCUT2D eigenvalue weighted by Gasteiger charge is 2.24. The summed E-state index contributed by atoms with van der Waals surface area (Å²) in [5.74, 6) is 0. The summed E-state index contributed by atoms with van der Waals surface area (Å²) in [5, 5.41) is 4.33. The second kappa shape index (κ2) is 7.63. The van der Waals surface area contributed by atoms with Gasteiger partial charge in [-0.15, -0.1) is 0 Å². The monoisotopic (exact) mass is 355 g/mol. The Labute approximate surface area is 147 Å². The number of rotatable bonds is 2. The first kappa shape index (κ1) is 16.7. The number of nitrogens with zero attached hydrogens (tertiary/aromatic N) is 2. The maximum atomic E-state index is 12.4. The fraction of sp³-hybridized carbons (Fsp3) is 0.588. The fourth-order valence-electron chi connectivity index (χ4n) is 3.36. The second-order valence-corrected chi connectivity index (χ2v) is 7.17. The first-order valence-corrected chi connectivity index (χ1v) is 9.14. The van der Waals surface area contributed by atoms with Crippen LogP contribution in [0.3, 0.4) is 0 Å². The van der Waals surface area contributed by atoms with E-state index in [0.717, 1.165) is 44.7 Å². The minimum atomic E-state index is 0.0886. The van der Waals surface area contributed by atoms with Crippen LogP contribution in [0.5, 0.6) is 0 Å². The highest BCUT2D eigenvalue weighted by molar-refractivity contribution is 6.42. The quantitative estimate of drug-likeness (QED) is 0.864. The second-order valence-electron chi connectivity index (χ2n) is 6.36. The molecule has 1 aromatic carbocycles. The van der Waals surface area contributed by atoms with Gasteiger partial charge in [0.05, 0.1) is 10.0 Å². The summed E-state index contributed by atoms with van der Waals surface area (Å²) < 4.78 is 0. The molecule has 0 aromatic heterocycles. The van der Waals surface area contributed by atoms with Crippen LogP contribution in [0.2, 0.25) is 10.0 Å². The molecule has 0 unspecified atom stereocenters. The Morgan fingerprint density at radius 3 is 2.35 bits per heavy atom. The zero-order valence-corrected chi connectivity index (χ0v) is 14.7. The molecule has 3 rings (SSSR count). The van der Waals surface area contributed by atoms with E-state index in [2.05, 4.69) is 10.2 Å². The number of nitrogens with one attached hydrogen (secondary N) is 1. The van der Waals surface area contributed by atoms with E-state index in [1.165, 1.54) is 19.3 Å². The van der Waals surface area contributed by atoms with Crippen LogP contribution in [0.4, 0.5) is 10.5 Å². The normalized spacial score (nSPS) is 19.7. The number of hydrogen-bond donors (Lipinski definition) is 1. The van der Waals surface area contributed by atoms with E-state index in [9.17, 15) is 4.79 Å². The van der Waals surface area contributed by atoms with Crippen LogP contribution in [0.25, 0.3) is 0 Å². The molecule has 1 saturated heterocycles. The van der Waals surface area contributed by atoms with Crippen molar-refractivity contribution < 1.29 is 4.79 Å². The first-order valence-electron chi connectivity index (χ1n) is 8.39. The Morgan fingerprint density at radius 1 is 1.00 bits per heavy atom. The molecule has 1 saturated carbocycles. The van der Waals surface area contributed by atoms with Crippen LogP contribution >= 0.6 is 23.2 Å². The zero-order chi connectivity index (χ0) is 16.2. The van der Waals surface area contributed by atoms with Crippen molar-refractivity contribution in [3.05, 3.63) is 28.2 Å².